The van der Waals surface area contributed by atoms with E-state index >= 15 is 0 Å². The quantitative estimate of drug-likeness (QED) is 0.226. The lowest BCUT2D eigenvalue weighted by atomic mass is 9.73. The molecule has 0 aromatic heterocycles. The van der Waals surface area contributed by atoms with Crippen molar-refractivity contribution in [3.63, 3.8) is 0 Å². The van der Waals surface area contributed by atoms with Crippen LogP contribution >= 0.6 is 0 Å². The lowest BCUT2D eigenvalue weighted by Crippen LogP contribution is -2.57. The zero-order valence-electron chi connectivity index (χ0n) is 25.4. The molecule has 4 atom stereocenters. The van der Waals surface area contributed by atoms with Crippen LogP contribution in [0, 0.1) is 23.7 Å². The van der Waals surface area contributed by atoms with Gasteiger partial charge in [0.05, 0.1) is 13.2 Å². The lowest BCUT2D eigenvalue weighted by molar-refractivity contribution is -0.270. The first-order chi connectivity index (χ1) is 16.4. The topological polar surface area (TPSA) is 24.9 Å². The zero-order chi connectivity index (χ0) is 26.2. The molecule has 4 nitrogen and oxygen atoms in total. The average Bonchev–Trinajstić information content (AvgIpc) is 2.75. The van der Waals surface area contributed by atoms with Crippen molar-refractivity contribution in [2.45, 2.75) is 163 Å². The van der Waals surface area contributed by atoms with Gasteiger partial charge >= 0.3 is 0 Å². The van der Waals surface area contributed by atoms with Crippen LogP contribution in [0.1, 0.15) is 140 Å². The molecule has 2 aliphatic heterocycles. The van der Waals surface area contributed by atoms with Gasteiger partial charge in [0.15, 0.2) is 0 Å². The standard InChI is InChI=1S/C31H62N2O2/c1-11-13-18-34-32-28(24(3)4)20-26(22-30(32,7)8)16-15-17-27-21-29(25(5)6)33(31(9,10)23-27)35-19-14-12-2/h24-29H,11-23H2,1-10H3. The summed E-state index contributed by atoms with van der Waals surface area (Å²) in [5, 5.41) is 4.79. The second-order valence-corrected chi connectivity index (χ2v) is 13.8. The molecular weight excluding hydrogens is 432 g/mol. The minimum absolute atomic E-state index is 0.123. The van der Waals surface area contributed by atoms with E-state index in [2.05, 4.69) is 79.4 Å². The Bertz CT molecular complexity index is 539. The molecule has 0 N–H and O–H groups in total. The molecule has 0 spiro atoms. The number of hydrogen-bond acceptors (Lipinski definition) is 4. The molecule has 2 heterocycles. The largest absolute Gasteiger partial charge is 0.298 e. The Morgan fingerprint density at radius 1 is 0.657 bits per heavy atom. The Kier molecular flexibility index (Phi) is 12.5. The fourth-order valence-corrected chi connectivity index (χ4v) is 6.91. The summed E-state index contributed by atoms with van der Waals surface area (Å²) in [6, 6.07) is 1.07. The number of nitrogens with zero attached hydrogens (tertiary/aromatic N) is 2. The summed E-state index contributed by atoms with van der Waals surface area (Å²) in [4.78, 5) is 12.8. The van der Waals surface area contributed by atoms with Crippen molar-refractivity contribution < 1.29 is 9.68 Å². The number of unbranched alkanes of at least 4 members (excludes halogenated alkanes) is 2. The molecule has 0 aromatic carbocycles. The third-order valence-corrected chi connectivity index (χ3v) is 8.74. The summed E-state index contributed by atoms with van der Waals surface area (Å²) < 4.78 is 0. The summed E-state index contributed by atoms with van der Waals surface area (Å²) in [5.41, 5.74) is 0.245. The van der Waals surface area contributed by atoms with Gasteiger partial charge in [-0.25, -0.2) is 0 Å². The van der Waals surface area contributed by atoms with Gasteiger partial charge in [0.25, 0.3) is 0 Å². The Morgan fingerprint density at radius 3 is 1.34 bits per heavy atom. The number of piperidine rings is 2. The SMILES string of the molecule is CCCCON1C(C(C)C)CC(CCCC2CC(C(C)C)N(OCCCC)C(C)(C)C2)CC1(C)C. The van der Waals surface area contributed by atoms with Gasteiger partial charge in [0.1, 0.15) is 0 Å². The molecule has 4 unspecified atom stereocenters. The van der Waals surface area contributed by atoms with E-state index in [0.717, 1.165) is 37.9 Å². The van der Waals surface area contributed by atoms with Crippen molar-refractivity contribution in [1.82, 2.24) is 10.1 Å². The monoisotopic (exact) mass is 494 g/mol. The molecule has 0 radical (unpaired) electrons. The Hall–Kier alpha value is -0.160. The first kappa shape index (κ1) is 31.1. The highest BCUT2D eigenvalue weighted by atomic mass is 16.7. The van der Waals surface area contributed by atoms with E-state index in [1.54, 1.807) is 0 Å². The van der Waals surface area contributed by atoms with Crippen LogP contribution in [0.15, 0.2) is 0 Å². The molecular formula is C31H62N2O2. The predicted molar refractivity (Wildman–Crippen MR) is 150 cm³/mol. The van der Waals surface area contributed by atoms with Crippen LogP contribution < -0.4 is 0 Å². The fourth-order valence-electron chi connectivity index (χ4n) is 6.91. The molecule has 0 saturated carbocycles. The van der Waals surface area contributed by atoms with Crippen LogP contribution in [0.25, 0.3) is 0 Å². The van der Waals surface area contributed by atoms with Gasteiger partial charge in [-0.05, 0) is 89.9 Å². The molecule has 0 aromatic rings. The van der Waals surface area contributed by atoms with E-state index in [-0.39, 0.29) is 11.1 Å². The van der Waals surface area contributed by atoms with Crippen LogP contribution in [0.4, 0.5) is 0 Å². The number of hydroxylamine groups is 4. The van der Waals surface area contributed by atoms with Crippen molar-refractivity contribution in [3.05, 3.63) is 0 Å². The lowest BCUT2D eigenvalue weighted by Gasteiger charge is -2.51. The zero-order valence-corrected chi connectivity index (χ0v) is 25.4. The van der Waals surface area contributed by atoms with Gasteiger partial charge in [-0.1, -0.05) is 73.6 Å². The highest BCUT2D eigenvalue weighted by Gasteiger charge is 2.44. The Morgan fingerprint density at radius 2 is 1.03 bits per heavy atom. The second kappa shape index (κ2) is 14.1. The normalized spacial score (nSPS) is 29.8. The third kappa shape index (κ3) is 8.97. The molecule has 2 aliphatic rings. The molecule has 2 rings (SSSR count). The van der Waals surface area contributed by atoms with Crippen LogP contribution in [0.2, 0.25) is 0 Å². The predicted octanol–water partition coefficient (Wildman–Crippen LogP) is 8.65. The average molecular weight is 495 g/mol. The van der Waals surface area contributed by atoms with Crippen molar-refractivity contribution in [2.24, 2.45) is 23.7 Å². The molecule has 4 heteroatoms. The summed E-state index contributed by atoms with van der Waals surface area (Å²) in [6.07, 6.45) is 13.9. The van der Waals surface area contributed by atoms with Gasteiger partial charge < -0.3 is 0 Å². The minimum Gasteiger partial charge on any atom is -0.298 e. The molecule has 2 fully saturated rings. The molecule has 0 amide bonds. The summed E-state index contributed by atoms with van der Waals surface area (Å²) >= 11 is 0. The Labute approximate surface area is 219 Å². The maximum atomic E-state index is 6.38. The smallest absolute Gasteiger partial charge is 0.0685 e. The first-order valence-electron chi connectivity index (χ1n) is 15.3. The summed E-state index contributed by atoms with van der Waals surface area (Å²) in [6.45, 7) is 25.4. The Balaban J connectivity index is 1.93. The highest BCUT2D eigenvalue weighted by Crippen LogP contribution is 2.43. The van der Waals surface area contributed by atoms with Gasteiger partial charge in [0, 0.05) is 23.2 Å². The van der Waals surface area contributed by atoms with E-state index in [1.165, 1.54) is 57.8 Å². The van der Waals surface area contributed by atoms with Gasteiger partial charge in [0.2, 0.25) is 0 Å². The van der Waals surface area contributed by atoms with Gasteiger partial charge in [-0.3, -0.25) is 9.68 Å². The van der Waals surface area contributed by atoms with Crippen molar-refractivity contribution in [2.75, 3.05) is 13.2 Å². The maximum Gasteiger partial charge on any atom is 0.0685 e. The fraction of sp³-hybridized carbons (Fsp3) is 1.00. The van der Waals surface area contributed by atoms with Crippen molar-refractivity contribution >= 4 is 0 Å². The van der Waals surface area contributed by atoms with E-state index in [0.29, 0.717) is 23.9 Å². The van der Waals surface area contributed by atoms with Gasteiger partial charge in [-0.2, -0.15) is 10.1 Å². The van der Waals surface area contributed by atoms with Crippen molar-refractivity contribution in [3.8, 4) is 0 Å². The molecule has 2 saturated heterocycles. The molecule has 208 valence electrons. The third-order valence-electron chi connectivity index (χ3n) is 8.74. The molecule has 0 bridgehead atoms. The van der Waals surface area contributed by atoms with E-state index in [1.807, 2.05) is 0 Å². The van der Waals surface area contributed by atoms with E-state index in [4.69, 9.17) is 9.68 Å². The number of hydrogen-bond donors (Lipinski definition) is 0. The number of rotatable bonds is 14. The van der Waals surface area contributed by atoms with Crippen LogP contribution in [-0.4, -0.2) is 46.5 Å². The van der Waals surface area contributed by atoms with Crippen LogP contribution in [-0.2, 0) is 9.68 Å². The van der Waals surface area contributed by atoms with Crippen LogP contribution in [0.5, 0.6) is 0 Å². The molecule has 35 heavy (non-hydrogen) atoms. The maximum absolute atomic E-state index is 6.38. The van der Waals surface area contributed by atoms with E-state index < -0.39 is 0 Å². The van der Waals surface area contributed by atoms with E-state index in [9.17, 15) is 0 Å². The van der Waals surface area contributed by atoms with Crippen LogP contribution in [0.3, 0.4) is 0 Å². The molecule has 0 aliphatic carbocycles. The minimum atomic E-state index is 0.123. The van der Waals surface area contributed by atoms with Gasteiger partial charge in [-0.15, -0.1) is 0 Å². The first-order valence-corrected chi connectivity index (χ1v) is 15.3. The highest BCUT2D eigenvalue weighted by molar-refractivity contribution is 4.94. The van der Waals surface area contributed by atoms with Crippen molar-refractivity contribution in [1.29, 1.82) is 0 Å². The summed E-state index contributed by atoms with van der Waals surface area (Å²) in [7, 11) is 0. The summed E-state index contributed by atoms with van der Waals surface area (Å²) in [5.74, 6) is 2.89. The second-order valence-electron chi connectivity index (χ2n) is 13.8.